The van der Waals surface area contributed by atoms with E-state index in [1.807, 2.05) is 34.7 Å². The zero-order valence-electron chi connectivity index (χ0n) is 13.5. The average molecular weight is 359 g/mol. The van der Waals surface area contributed by atoms with Gasteiger partial charge in [0.2, 0.25) is 0 Å². The van der Waals surface area contributed by atoms with Gasteiger partial charge in [0, 0.05) is 47.1 Å². The van der Waals surface area contributed by atoms with Crippen LogP contribution in [0.15, 0.2) is 27.9 Å². The molecule has 0 atom stereocenters. The molecule has 0 radical (unpaired) electrons. The topological polar surface area (TPSA) is 58.2 Å². The molecule has 5 nitrogen and oxygen atoms in total. The van der Waals surface area contributed by atoms with Crippen molar-refractivity contribution in [3.8, 4) is 5.75 Å². The number of methoxy groups -OCH3 is 1. The first-order chi connectivity index (χ1) is 11.7. The minimum atomic E-state index is 0.00875. The van der Waals surface area contributed by atoms with Gasteiger partial charge in [0.1, 0.15) is 15.8 Å². The molecule has 1 N–H and O–H groups in total. The zero-order valence-corrected chi connectivity index (χ0v) is 15.1. The van der Waals surface area contributed by atoms with Crippen molar-refractivity contribution < 1.29 is 9.53 Å². The fraction of sp³-hybridized carbons (Fsp3) is 0.294. The maximum atomic E-state index is 12.7. The van der Waals surface area contributed by atoms with Crippen LogP contribution in [0.25, 0.3) is 10.9 Å². The largest absolute Gasteiger partial charge is 0.497 e. The summed E-state index contributed by atoms with van der Waals surface area (Å²) >= 11 is 3.09. The van der Waals surface area contributed by atoms with Gasteiger partial charge < -0.3 is 14.6 Å². The number of amides is 1. The van der Waals surface area contributed by atoms with E-state index in [4.69, 9.17) is 4.74 Å². The number of nitrogens with one attached hydrogen (secondary N) is 1. The van der Waals surface area contributed by atoms with Gasteiger partial charge in [0.05, 0.1) is 7.11 Å². The summed E-state index contributed by atoms with van der Waals surface area (Å²) in [7, 11) is 1.67. The number of thioether (sulfide) groups is 1. The highest BCUT2D eigenvalue weighted by atomic mass is 32.2. The van der Waals surface area contributed by atoms with Crippen molar-refractivity contribution in [3.05, 3.63) is 40.5 Å². The number of benzene rings is 1. The number of carbonyl (C=O) groups excluding carboxylic acids is 1. The molecule has 0 spiro atoms. The minimum Gasteiger partial charge on any atom is -0.497 e. The maximum absolute atomic E-state index is 12.7. The van der Waals surface area contributed by atoms with Crippen LogP contribution < -0.4 is 4.74 Å². The first-order valence-electron chi connectivity index (χ1n) is 7.66. The van der Waals surface area contributed by atoms with Crippen molar-refractivity contribution in [1.82, 2.24) is 14.9 Å². The maximum Gasteiger partial charge on any atom is 0.273 e. The van der Waals surface area contributed by atoms with Gasteiger partial charge in [-0.1, -0.05) is 11.8 Å². The third-order valence-electron chi connectivity index (χ3n) is 4.35. The van der Waals surface area contributed by atoms with Crippen LogP contribution in [-0.2, 0) is 13.0 Å². The van der Waals surface area contributed by atoms with E-state index < -0.39 is 0 Å². The number of hydrogen-bond acceptors (Lipinski definition) is 5. The van der Waals surface area contributed by atoms with Gasteiger partial charge in [-0.15, -0.1) is 11.3 Å². The number of hydrogen-bond donors (Lipinski definition) is 1. The van der Waals surface area contributed by atoms with Crippen LogP contribution in [0, 0.1) is 0 Å². The Balaban J connectivity index is 1.66. The number of rotatable bonds is 3. The SMILES string of the molecule is COc1ccc2[nH]c3c(c2c1)CN(C(=O)c1csc(SC)n1)CC3. The molecule has 7 heteroatoms. The zero-order chi connectivity index (χ0) is 16.7. The van der Waals surface area contributed by atoms with E-state index in [0.717, 1.165) is 27.4 Å². The summed E-state index contributed by atoms with van der Waals surface area (Å²) in [6.07, 6.45) is 2.80. The molecule has 0 bridgehead atoms. The van der Waals surface area contributed by atoms with E-state index in [1.54, 1.807) is 18.9 Å². The van der Waals surface area contributed by atoms with E-state index in [-0.39, 0.29) is 5.91 Å². The smallest absolute Gasteiger partial charge is 0.273 e. The van der Waals surface area contributed by atoms with Crippen molar-refractivity contribution in [2.75, 3.05) is 19.9 Å². The van der Waals surface area contributed by atoms with Gasteiger partial charge in [-0.25, -0.2) is 4.98 Å². The Kier molecular flexibility index (Phi) is 3.97. The van der Waals surface area contributed by atoms with E-state index in [1.165, 1.54) is 22.6 Å². The van der Waals surface area contributed by atoms with E-state index in [2.05, 4.69) is 9.97 Å². The van der Waals surface area contributed by atoms with Crippen LogP contribution in [0.2, 0.25) is 0 Å². The number of ether oxygens (including phenoxy) is 1. The van der Waals surface area contributed by atoms with Gasteiger partial charge >= 0.3 is 0 Å². The predicted molar refractivity (Wildman–Crippen MR) is 97.2 cm³/mol. The molecule has 4 rings (SSSR count). The Morgan fingerprint density at radius 3 is 3.08 bits per heavy atom. The molecule has 1 aliphatic rings. The van der Waals surface area contributed by atoms with Crippen LogP contribution in [0.1, 0.15) is 21.7 Å². The molecule has 2 aromatic heterocycles. The summed E-state index contributed by atoms with van der Waals surface area (Å²) in [6.45, 7) is 1.31. The number of fused-ring (bicyclic) bond motifs is 3. The van der Waals surface area contributed by atoms with Crippen LogP contribution in [0.4, 0.5) is 0 Å². The highest BCUT2D eigenvalue weighted by molar-refractivity contribution is 8.00. The third kappa shape index (κ3) is 2.57. The number of nitrogens with zero attached hydrogens (tertiary/aromatic N) is 2. The molecule has 3 heterocycles. The summed E-state index contributed by atoms with van der Waals surface area (Å²) in [5, 5.41) is 2.98. The Morgan fingerprint density at radius 1 is 1.46 bits per heavy atom. The first kappa shape index (κ1) is 15.5. The molecule has 1 aromatic carbocycles. The van der Waals surface area contributed by atoms with E-state index in [9.17, 15) is 4.79 Å². The molecule has 24 heavy (non-hydrogen) atoms. The molecular weight excluding hydrogens is 342 g/mol. The molecule has 0 aliphatic carbocycles. The molecular formula is C17H17N3O2S2. The number of H-pyrrole nitrogens is 1. The number of carbonyl (C=O) groups is 1. The molecule has 0 fully saturated rings. The van der Waals surface area contributed by atoms with E-state index >= 15 is 0 Å². The lowest BCUT2D eigenvalue weighted by Crippen LogP contribution is -2.36. The molecule has 0 unspecified atom stereocenters. The normalized spacial score (nSPS) is 14.0. The lowest BCUT2D eigenvalue weighted by molar-refractivity contribution is 0.0729. The monoisotopic (exact) mass is 359 g/mol. The van der Waals surface area contributed by atoms with Crippen LogP contribution >= 0.6 is 23.1 Å². The standard InChI is InChI=1S/C17H17N3O2S2/c1-22-10-3-4-13-11(7-10)12-8-20(6-5-14(12)18-13)16(21)15-9-24-17(19-15)23-2/h3-4,7,9,18H,5-6,8H2,1-2H3. The van der Waals surface area contributed by atoms with Gasteiger partial charge in [-0.05, 0) is 24.5 Å². The fourth-order valence-electron chi connectivity index (χ4n) is 3.10. The Bertz CT molecular complexity index is 916. The summed E-state index contributed by atoms with van der Waals surface area (Å²) in [4.78, 5) is 22.5. The Morgan fingerprint density at radius 2 is 2.33 bits per heavy atom. The van der Waals surface area contributed by atoms with Crippen LogP contribution in [-0.4, -0.2) is 40.7 Å². The second-order valence-electron chi connectivity index (χ2n) is 5.67. The highest BCUT2D eigenvalue weighted by Crippen LogP contribution is 2.31. The summed E-state index contributed by atoms with van der Waals surface area (Å²) < 4.78 is 6.26. The highest BCUT2D eigenvalue weighted by Gasteiger charge is 2.26. The van der Waals surface area contributed by atoms with Crippen molar-refractivity contribution >= 4 is 39.9 Å². The van der Waals surface area contributed by atoms with Gasteiger partial charge in [-0.2, -0.15) is 0 Å². The minimum absolute atomic E-state index is 0.00875. The Labute approximate surface area is 148 Å². The van der Waals surface area contributed by atoms with Gasteiger partial charge in [0.15, 0.2) is 0 Å². The summed E-state index contributed by atoms with van der Waals surface area (Å²) in [5.74, 6) is 0.839. The van der Waals surface area contributed by atoms with Gasteiger partial charge in [0.25, 0.3) is 5.91 Å². The first-order valence-corrected chi connectivity index (χ1v) is 9.76. The molecule has 124 valence electrons. The van der Waals surface area contributed by atoms with Crippen LogP contribution in [0.3, 0.4) is 0 Å². The molecule has 3 aromatic rings. The number of thiazole rings is 1. The lowest BCUT2D eigenvalue weighted by Gasteiger charge is -2.26. The summed E-state index contributed by atoms with van der Waals surface area (Å²) in [5.41, 5.74) is 4.04. The average Bonchev–Trinajstić information content (AvgIpc) is 3.24. The second kappa shape index (κ2) is 6.14. The van der Waals surface area contributed by atoms with Crippen molar-refractivity contribution in [1.29, 1.82) is 0 Å². The Hall–Kier alpha value is -1.99. The second-order valence-corrected chi connectivity index (χ2v) is 7.58. The van der Waals surface area contributed by atoms with Crippen LogP contribution in [0.5, 0.6) is 5.75 Å². The fourth-order valence-corrected chi connectivity index (χ4v) is 4.34. The number of aromatic amines is 1. The predicted octanol–water partition coefficient (Wildman–Crippen LogP) is 3.55. The third-order valence-corrected chi connectivity index (χ3v) is 6.21. The lowest BCUT2D eigenvalue weighted by atomic mass is 10.0. The summed E-state index contributed by atoms with van der Waals surface area (Å²) in [6, 6.07) is 6.02. The molecule has 1 aliphatic heterocycles. The van der Waals surface area contributed by atoms with Gasteiger partial charge in [-0.3, -0.25) is 4.79 Å². The molecule has 1 amide bonds. The molecule has 0 saturated carbocycles. The van der Waals surface area contributed by atoms with E-state index in [0.29, 0.717) is 18.8 Å². The molecule has 0 saturated heterocycles. The van der Waals surface area contributed by atoms with Crippen molar-refractivity contribution in [2.45, 2.75) is 17.3 Å². The van der Waals surface area contributed by atoms with Crippen molar-refractivity contribution in [3.63, 3.8) is 0 Å². The van der Waals surface area contributed by atoms with Crippen molar-refractivity contribution in [2.24, 2.45) is 0 Å². The quantitative estimate of drug-likeness (QED) is 0.727. The number of aromatic nitrogens is 2.